The van der Waals surface area contributed by atoms with Crippen LogP contribution in [0, 0.1) is 0 Å². The second-order valence-electron chi connectivity index (χ2n) is 9.08. The van der Waals surface area contributed by atoms with E-state index in [-0.39, 0.29) is 18.4 Å². The molecule has 0 saturated carbocycles. The summed E-state index contributed by atoms with van der Waals surface area (Å²) in [6, 6.07) is 36.3. The van der Waals surface area contributed by atoms with Gasteiger partial charge >= 0.3 is 12.0 Å². The van der Waals surface area contributed by atoms with Gasteiger partial charge in [-0.2, -0.15) is 0 Å². The number of rotatable bonds is 12. The van der Waals surface area contributed by atoms with E-state index in [0.717, 1.165) is 33.9 Å². The topological polar surface area (TPSA) is 58.6 Å². The molecule has 0 aliphatic rings. The first-order valence-electron chi connectivity index (χ1n) is 13.3. The molecule has 0 fully saturated rings. The number of carbonyl (C=O) groups is 2. The van der Waals surface area contributed by atoms with Gasteiger partial charge in [0.2, 0.25) is 0 Å². The zero-order valence-corrected chi connectivity index (χ0v) is 23.0. The smallest absolute Gasteiger partial charge is 0.321 e. The first kappa shape index (κ1) is 28.0. The van der Waals surface area contributed by atoms with E-state index in [9.17, 15) is 9.59 Å². The van der Waals surface area contributed by atoms with Gasteiger partial charge in [-0.25, -0.2) is 4.79 Å². The van der Waals surface area contributed by atoms with E-state index in [1.807, 2.05) is 96.8 Å². The number of hydrogen-bond donors (Lipinski definition) is 1. The van der Waals surface area contributed by atoms with E-state index in [0.29, 0.717) is 19.7 Å². The number of anilines is 1. The average Bonchev–Trinajstić information content (AvgIpc) is 2.96. The Morgan fingerprint density at radius 2 is 1.28 bits per heavy atom. The van der Waals surface area contributed by atoms with Gasteiger partial charge in [0.1, 0.15) is 0 Å². The van der Waals surface area contributed by atoms with E-state index in [1.165, 1.54) is 11.1 Å². The van der Waals surface area contributed by atoms with Crippen molar-refractivity contribution in [3.05, 3.63) is 126 Å². The van der Waals surface area contributed by atoms with E-state index in [4.69, 9.17) is 4.74 Å². The van der Waals surface area contributed by atoms with Crippen molar-refractivity contribution in [2.24, 2.45) is 0 Å². The van der Waals surface area contributed by atoms with Crippen molar-refractivity contribution >= 4 is 29.4 Å². The Hall–Kier alpha value is -4.03. The molecule has 39 heavy (non-hydrogen) atoms. The van der Waals surface area contributed by atoms with Crippen molar-refractivity contribution < 1.29 is 14.3 Å². The summed E-state index contributed by atoms with van der Waals surface area (Å²) in [5.41, 5.74) is 4.18. The summed E-state index contributed by atoms with van der Waals surface area (Å²) in [5.74, 6) is -0.214. The number of amides is 2. The molecule has 0 unspecified atom stereocenters. The number of esters is 1. The molecule has 0 bridgehead atoms. The van der Waals surface area contributed by atoms with Gasteiger partial charge in [-0.15, -0.1) is 0 Å². The summed E-state index contributed by atoms with van der Waals surface area (Å²) in [6.07, 6.45) is 1.83. The van der Waals surface area contributed by atoms with Crippen molar-refractivity contribution in [3.8, 4) is 0 Å². The van der Waals surface area contributed by atoms with E-state index in [1.54, 1.807) is 11.8 Å². The third-order valence-electron chi connectivity index (χ3n) is 6.21. The normalized spacial score (nSPS) is 10.6. The Kier molecular flexibility index (Phi) is 10.6. The maximum absolute atomic E-state index is 13.3. The highest BCUT2D eigenvalue weighted by Crippen LogP contribution is 2.30. The number of hydrogen-bond acceptors (Lipinski definition) is 4. The Balaban J connectivity index is 1.39. The molecule has 4 aromatic rings. The van der Waals surface area contributed by atoms with Crippen LogP contribution in [0.25, 0.3) is 0 Å². The molecule has 200 valence electrons. The van der Waals surface area contributed by atoms with Crippen molar-refractivity contribution in [3.63, 3.8) is 0 Å². The lowest BCUT2D eigenvalue weighted by Gasteiger charge is -2.24. The van der Waals surface area contributed by atoms with Crippen LogP contribution in [0.1, 0.15) is 23.6 Å². The van der Waals surface area contributed by atoms with Crippen LogP contribution in [-0.4, -0.2) is 31.7 Å². The lowest BCUT2D eigenvalue weighted by Crippen LogP contribution is -2.42. The fourth-order valence-corrected chi connectivity index (χ4v) is 4.99. The molecular weight excluding hydrogens is 504 g/mol. The standard InChI is InChI=1S/C33H34N2O3S/c1-2-38-32(36)25-28-13-17-30(18-14-28)39-31-19-15-29(16-20-31)35(24-22-27-11-7-4-8-12-27)33(37)34-23-21-26-9-5-3-6-10-26/h3-20H,2,21-25H2,1H3,(H,34,37). The van der Waals surface area contributed by atoms with Crippen molar-refractivity contribution in [2.75, 3.05) is 24.6 Å². The first-order chi connectivity index (χ1) is 19.1. The Labute approximate surface area is 235 Å². The lowest BCUT2D eigenvalue weighted by atomic mass is 10.1. The number of nitrogens with zero attached hydrogens (tertiary/aromatic N) is 1. The number of nitrogens with one attached hydrogen (secondary N) is 1. The van der Waals surface area contributed by atoms with E-state index >= 15 is 0 Å². The first-order valence-corrected chi connectivity index (χ1v) is 14.1. The quantitative estimate of drug-likeness (QED) is 0.198. The number of urea groups is 1. The number of carbonyl (C=O) groups excluding carboxylic acids is 2. The Morgan fingerprint density at radius 1 is 0.718 bits per heavy atom. The lowest BCUT2D eigenvalue weighted by molar-refractivity contribution is -0.142. The molecular formula is C33H34N2O3S. The van der Waals surface area contributed by atoms with Gasteiger partial charge < -0.3 is 10.1 Å². The van der Waals surface area contributed by atoms with Crippen molar-refractivity contribution in [2.45, 2.75) is 36.0 Å². The highest BCUT2D eigenvalue weighted by molar-refractivity contribution is 7.99. The highest BCUT2D eigenvalue weighted by atomic mass is 32.2. The SMILES string of the molecule is CCOC(=O)Cc1ccc(Sc2ccc(N(CCc3ccccc3)C(=O)NCCc3ccccc3)cc2)cc1. The molecule has 0 atom stereocenters. The molecule has 0 spiro atoms. The minimum absolute atomic E-state index is 0.0977. The van der Waals surface area contributed by atoms with Gasteiger partial charge in [0.05, 0.1) is 13.0 Å². The fraction of sp³-hybridized carbons (Fsp3) is 0.212. The van der Waals surface area contributed by atoms with Gasteiger partial charge in [0, 0.05) is 28.6 Å². The molecule has 0 aliphatic heterocycles. The molecule has 1 N–H and O–H groups in total. The Bertz CT molecular complexity index is 1310. The van der Waals surface area contributed by atoms with Crippen molar-refractivity contribution in [1.82, 2.24) is 5.32 Å². The van der Waals surface area contributed by atoms with E-state index < -0.39 is 0 Å². The number of benzene rings is 4. The van der Waals surface area contributed by atoms with Gasteiger partial charge in [-0.05, 0) is 72.9 Å². The summed E-state index contributed by atoms with van der Waals surface area (Å²) < 4.78 is 5.03. The second kappa shape index (κ2) is 14.8. The zero-order valence-electron chi connectivity index (χ0n) is 22.2. The molecule has 0 heterocycles. The number of ether oxygens (including phenoxy) is 1. The molecule has 4 rings (SSSR count). The third-order valence-corrected chi connectivity index (χ3v) is 7.22. The largest absolute Gasteiger partial charge is 0.466 e. The predicted octanol–water partition coefficient (Wildman–Crippen LogP) is 6.94. The average molecular weight is 539 g/mol. The monoisotopic (exact) mass is 538 g/mol. The predicted molar refractivity (Wildman–Crippen MR) is 158 cm³/mol. The van der Waals surface area contributed by atoms with Crippen LogP contribution >= 0.6 is 11.8 Å². The molecule has 0 aromatic heterocycles. The van der Waals surface area contributed by atoms with Gasteiger partial charge in [0.25, 0.3) is 0 Å². The summed E-state index contributed by atoms with van der Waals surface area (Å²) in [6.45, 7) is 3.35. The summed E-state index contributed by atoms with van der Waals surface area (Å²) in [7, 11) is 0. The molecule has 0 aliphatic carbocycles. The van der Waals surface area contributed by atoms with Crippen molar-refractivity contribution in [1.29, 1.82) is 0 Å². The molecule has 5 nitrogen and oxygen atoms in total. The van der Waals surface area contributed by atoms with E-state index in [2.05, 4.69) is 29.6 Å². The van der Waals surface area contributed by atoms with Crippen LogP contribution in [0.2, 0.25) is 0 Å². The molecule has 4 aromatic carbocycles. The minimum Gasteiger partial charge on any atom is -0.466 e. The van der Waals surface area contributed by atoms with Crippen LogP contribution < -0.4 is 10.2 Å². The Morgan fingerprint density at radius 3 is 1.87 bits per heavy atom. The minimum atomic E-state index is -0.214. The molecule has 0 radical (unpaired) electrons. The van der Waals surface area contributed by atoms with Crippen LogP contribution in [0.4, 0.5) is 10.5 Å². The van der Waals surface area contributed by atoms with Crippen LogP contribution in [-0.2, 0) is 28.8 Å². The summed E-state index contributed by atoms with van der Waals surface area (Å²) in [5, 5.41) is 3.10. The van der Waals surface area contributed by atoms with Crippen LogP contribution in [0.15, 0.2) is 119 Å². The summed E-state index contributed by atoms with van der Waals surface area (Å²) in [4.78, 5) is 28.9. The molecule has 2 amide bonds. The van der Waals surface area contributed by atoms with Crippen LogP contribution in [0.3, 0.4) is 0 Å². The zero-order chi connectivity index (χ0) is 27.3. The van der Waals surface area contributed by atoms with Gasteiger partial charge in [0.15, 0.2) is 0 Å². The fourth-order valence-electron chi connectivity index (χ4n) is 4.17. The highest BCUT2D eigenvalue weighted by Gasteiger charge is 2.16. The van der Waals surface area contributed by atoms with Gasteiger partial charge in [-0.3, -0.25) is 9.69 Å². The van der Waals surface area contributed by atoms with Crippen LogP contribution in [0.5, 0.6) is 0 Å². The van der Waals surface area contributed by atoms with Gasteiger partial charge in [-0.1, -0.05) is 84.6 Å². The molecule has 0 saturated heterocycles. The third kappa shape index (κ3) is 9.04. The maximum Gasteiger partial charge on any atom is 0.321 e. The molecule has 6 heteroatoms. The second-order valence-corrected chi connectivity index (χ2v) is 10.2. The summed E-state index contributed by atoms with van der Waals surface area (Å²) >= 11 is 1.64. The maximum atomic E-state index is 13.3.